The van der Waals surface area contributed by atoms with E-state index in [4.69, 9.17) is 0 Å². The highest BCUT2D eigenvalue weighted by Gasteiger charge is 2.49. The quantitative estimate of drug-likeness (QED) is 0.530. The zero-order valence-corrected chi connectivity index (χ0v) is 17.6. The maximum atomic E-state index is 2.57. The maximum absolute atomic E-state index is 2.57. The van der Waals surface area contributed by atoms with E-state index in [0.29, 0.717) is 11.8 Å². The van der Waals surface area contributed by atoms with Crippen LogP contribution in [0.1, 0.15) is 62.3 Å². The molecule has 0 amide bonds. The number of aryl methyl sites for hydroxylation is 2. The molecule has 0 heterocycles. The first-order valence-corrected chi connectivity index (χ1v) is 10.3. The molecule has 3 unspecified atom stereocenters. The molecule has 0 bridgehead atoms. The summed E-state index contributed by atoms with van der Waals surface area (Å²) < 4.78 is 0. The minimum Gasteiger partial charge on any atom is -0.0729 e. The first kappa shape index (κ1) is 18.3. The molecule has 2 aromatic rings. The van der Waals surface area contributed by atoms with Gasteiger partial charge in [0.2, 0.25) is 0 Å². The Balaban J connectivity index is 1.82. The molecule has 2 aliphatic carbocycles. The first-order chi connectivity index (χ1) is 12.7. The monoisotopic (exact) mass is 356 g/mol. The van der Waals surface area contributed by atoms with Gasteiger partial charge in [0.15, 0.2) is 0 Å². The van der Waals surface area contributed by atoms with Crippen molar-refractivity contribution in [2.45, 2.75) is 59.3 Å². The summed E-state index contributed by atoms with van der Waals surface area (Å²) in [7, 11) is 0. The van der Waals surface area contributed by atoms with Crippen LogP contribution in [0.15, 0.2) is 71.8 Å². The van der Waals surface area contributed by atoms with E-state index in [9.17, 15) is 0 Å². The van der Waals surface area contributed by atoms with Gasteiger partial charge in [0.05, 0.1) is 0 Å². The van der Waals surface area contributed by atoms with E-state index in [1.807, 2.05) is 0 Å². The molecular weight excluding hydrogens is 324 g/mol. The Morgan fingerprint density at radius 1 is 0.852 bits per heavy atom. The van der Waals surface area contributed by atoms with Gasteiger partial charge < -0.3 is 0 Å². The van der Waals surface area contributed by atoms with E-state index < -0.39 is 0 Å². The fourth-order valence-corrected chi connectivity index (χ4v) is 4.95. The summed E-state index contributed by atoms with van der Waals surface area (Å²) in [4.78, 5) is 0. The molecule has 0 spiro atoms. The SMILES string of the molecule is Cc1ccc(C2CC(C)(c3ccc(C)cc3)C3=CC(C(C)(C)C)=CC32)cc1. The van der Waals surface area contributed by atoms with Gasteiger partial charge in [-0.25, -0.2) is 0 Å². The molecule has 0 N–H and O–H groups in total. The highest BCUT2D eigenvalue weighted by atomic mass is 14.5. The number of hydrogen-bond acceptors (Lipinski definition) is 0. The molecule has 27 heavy (non-hydrogen) atoms. The van der Waals surface area contributed by atoms with Crippen LogP contribution in [0.25, 0.3) is 0 Å². The van der Waals surface area contributed by atoms with Crippen molar-refractivity contribution in [3.05, 3.63) is 94.1 Å². The minimum atomic E-state index is 0.109. The maximum Gasteiger partial charge on any atom is 0.0149 e. The van der Waals surface area contributed by atoms with Gasteiger partial charge in [-0.15, -0.1) is 0 Å². The molecule has 0 aromatic heterocycles. The molecule has 140 valence electrons. The molecule has 4 rings (SSSR count). The van der Waals surface area contributed by atoms with Gasteiger partial charge in [-0.1, -0.05) is 105 Å². The lowest BCUT2D eigenvalue weighted by molar-refractivity contribution is 0.503. The van der Waals surface area contributed by atoms with Crippen molar-refractivity contribution in [1.82, 2.24) is 0 Å². The fraction of sp³-hybridized carbons (Fsp3) is 0.407. The predicted octanol–water partition coefficient (Wildman–Crippen LogP) is 7.28. The molecule has 0 aliphatic heterocycles. The van der Waals surface area contributed by atoms with Gasteiger partial charge in [0.25, 0.3) is 0 Å². The van der Waals surface area contributed by atoms with Crippen LogP contribution in [0.5, 0.6) is 0 Å². The van der Waals surface area contributed by atoms with Crippen LogP contribution in [-0.2, 0) is 5.41 Å². The molecule has 1 saturated carbocycles. The second-order valence-electron chi connectivity index (χ2n) is 9.92. The van der Waals surface area contributed by atoms with Crippen LogP contribution in [0.2, 0.25) is 0 Å². The predicted molar refractivity (Wildman–Crippen MR) is 116 cm³/mol. The standard InChI is InChI=1S/C27H32/c1-18-7-11-20(12-8-18)24-17-27(6,21-13-9-19(2)10-14-21)25-16-22(15-23(24)25)26(3,4)5/h7-16,23-24H,17H2,1-6H3. The van der Waals surface area contributed by atoms with Crippen molar-refractivity contribution < 1.29 is 0 Å². The normalized spacial score (nSPS) is 27.3. The molecule has 3 atom stereocenters. The highest BCUT2D eigenvalue weighted by molar-refractivity contribution is 5.54. The Morgan fingerprint density at radius 3 is 1.96 bits per heavy atom. The van der Waals surface area contributed by atoms with Gasteiger partial charge in [0.1, 0.15) is 0 Å². The van der Waals surface area contributed by atoms with E-state index in [-0.39, 0.29) is 10.8 Å². The van der Waals surface area contributed by atoms with Gasteiger partial charge in [-0.05, 0) is 48.3 Å². The average Bonchev–Trinajstić information content (AvgIpc) is 3.17. The third-order valence-electron chi connectivity index (χ3n) is 6.79. The van der Waals surface area contributed by atoms with Crippen molar-refractivity contribution >= 4 is 0 Å². The van der Waals surface area contributed by atoms with Crippen LogP contribution >= 0.6 is 0 Å². The van der Waals surface area contributed by atoms with Gasteiger partial charge in [0, 0.05) is 11.3 Å². The van der Waals surface area contributed by atoms with E-state index in [2.05, 4.69) is 102 Å². The Bertz CT molecular complexity index is 900. The first-order valence-electron chi connectivity index (χ1n) is 10.3. The van der Waals surface area contributed by atoms with E-state index in [1.165, 1.54) is 34.2 Å². The van der Waals surface area contributed by atoms with Crippen molar-refractivity contribution in [3.8, 4) is 0 Å². The lowest BCUT2D eigenvalue weighted by Crippen LogP contribution is -2.20. The highest BCUT2D eigenvalue weighted by Crippen LogP contribution is 2.59. The van der Waals surface area contributed by atoms with Crippen molar-refractivity contribution in [2.24, 2.45) is 11.3 Å². The Labute approximate surface area is 165 Å². The van der Waals surface area contributed by atoms with Crippen LogP contribution in [0.4, 0.5) is 0 Å². The molecule has 0 radical (unpaired) electrons. The van der Waals surface area contributed by atoms with Crippen LogP contribution in [0.3, 0.4) is 0 Å². The van der Waals surface area contributed by atoms with E-state index in [1.54, 1.807) is 5.57 Å². The van der Waals surface area contributed by atoms with Crippen LogP contribution < -0.4 is 0 Å². The minimum absolute atomic E-state index is 0.109. The molecule has 0 heteroatoms. The van der Waals surface area contributed by atoms with Crippen LogP contribution in [-0.4, -0.2) is 0 Å². The number of fused-ring (bicyclic) bond motifs is 1. The average molecular weight is 357 g/mol. The van der Waals surface area contributed by atoms with Crippen molar-refractivity contribution in [3.63, 3.8) is 0 Å². The number of hydrogen-bond donors (Lipinski definition) is 0. The third-order valence-corrected chi connectivity index (χ3v) is 6.79. The second kappa shape index (κ2) is 6.23. The number of allylic oxidation sites excluding steroid dienone is 4. The van der Waals surface area contributed by atoms with Gasteiger partial charge in [-0.2, -0.15) is 0 Å². The molecule has 2 aromatic carbocycles. The van der Waals surface area contributed by atoms with Crippen LogP contribution in [0, 0.1) is 25.2 Å². The number of benzene rings is 2. The molecule has 0 saturated heterocycles. The lowest BCUT2D eigenvalue weighted by Gasteiger charge is -2.28. The Morgan fingerprint density at radius 2 is 1.41 bits per heavy atom. The molecule has 2 aliphatic rings. The molecular formula is C27H32. The zero-order chi connectivity index (χ0) is 19.4. The number of rotatable bonds is 2. The molecule has 0 nitrogen and oxygen atoms in total. The zero-order valence-electron chi connectivity index (χ0n) is 17.6. The molecule has 1 fully saturated rings. The van der Waals surface area contributed by atoms with E-state index in [0.717, 1.165) is 0 Å². The van der Waals surface area contributed by atoms with Gasteiger partial charge in [-0.3, -0.25) is 0 Å². The van der Waals surface area contributed by atoms with Crippen molar-refractivity contribution in [1.29, 1.82) is 0 Å². The summed E-state index contributed by atoms with van der Waals surface area (Å²) in [5.74, 6) is 1.08. The lowest BCUT2D eigenvalue weighted by atomic mass is 9.75. The Hall–Kier alpha value is -2.08. The van der Waals surface area contributed by atoms with E-state index >= 15 is 0 Å². The summed E-state index contributed by atoms with van der Waals surface area (Å²) in [6, 6.07) is 18.5. The summed E-state index contributed by atoms with van der Waals surface area (Å²) in [5, 5.41) is 0. The second-order valence-corrected chi connectivity index (χ2v) is 9.92. The smallest absolute Gasteiger partial charge is 0.0149 e. The fourth-order valence-electron chi connectivity index (χ4n) is 4.95. The summed E-state index contributed by atoms with van der Waals surface area (Å²) in [5.41, 5.74) is 9.04. The topological polar surface area (TPSA) is 0 Å². The summed E-state index contributed by atoms with van der Waals surface area (Å²) >= 11 is 0. The Kier molecular flexibility index (Phi) is 4.22. The largest absolute Gasteiger partial charge is 0.0729 e. The third kappa shape index (κ3) is 3.10. The van der Waals surface area contributed by atoms with Crippen molar-refractivity contribution in [2.75, 3.05) is 0 Å². The summed E-state index contributed by atoms with van der Waals surface area (Å²) in [6.45, 7) is 13.8. The van der Waals surface area contributed by atoms with Gasteiger partial charge >= 0.3 is 0 Å². The summed E-state index contributed by atoms with van der Waals surface area (Å²) in [6.07, 6.45) is 6.28.